The van der Waals surface area contributed by atoms with E-state index in [-0.39, 0.29) is 13.6 Å². The Bertz CT molecular complexity index is 286. The Labute approximate surface area is 82.7 Å². The molecule has 0 spiro atoms. The molecule has 0 aliphatic carbocycles. The zero-order chi connectivity index (χ0) is 10.6. The van der Waals surface area contributed by atoms with Crippen LogP contribution in [0.1, 0.15) is 11.1 Å². The largest absolute Gasteiger partial charge is 0.468 e. The molecule has 4 heteroatoms. The summed E-state index contributed by atoms with van der Waals surface area (Å²) in [6, 6.07) is 3.49. The summed E-state index contributed by atoms with van der Waals surface area (Å²) in [4.78, 5) is 0. The van der Waals surface area contributed by atoms with Crippen LogP contribution in [0, 0.1) is 13.8 Å². The number of hydrogen-bond acceptors (Lipinski definition) is 4. The topological polar surface area (TPSA) is 58.9 Å². The predicted octanol–water partition coefficient (Wildman–Crippen LogP) is 0.961. The van der Waals surface area contributed by atoms with E-state index < -0.39 is 0 Å². The average molecular weight is 198 g/mol. The van der Waals surface area contributed by atoms with Crippen molar-refractivity contribution in [2.75, 3.05) is 13.6 Å². The lowest BCUT2D eigenvalue weighted by Crippen LogP contribution is -2.01. The van der Waals surface area contributed by atoms with Crippen LogP contribution in [0.2, 0.25) is 0 Å². The van der Waals surface area contributed by atoms with Crippen molar-refractivity contribution in [3.63, 3.8) is 0 Å². The fourth-order valence-electron chi connectivity index (χ4n) is 1.36. The highest BCUT2D eigenvalue weighted by Gasteiger charge is 2.06. The third-order valence-electron chi connectivity index (χ3n) is 1.87. The molecule has 0 radical (unpaired) electrons. The van der Waals surface area contributed by atoms with Gasteiger partial charge in [-0.2, -0.15) is 0 Å². The lowest BCUT2D eigenvalue weighted by molar-refractivity contribution is 0.0935. The van der Waals surface area contributed by atoms with Gasteiger partial charge in [0.1, 0.15) is 11.5 Å². The number of aliphatic hydroxyl groups excluding tert-OH is 2. The number of ether oxygens (including phenoxy) is 2. The highest BCUT2D eigenvalue weighted by molar-refractivity contribution is 5.45. The summed E-state index contributed by atoms with van der Waals surface area (Å²) in [6.07, 6.45) is 0. The van der Waals surface area contributed by atoms with Gasteiger partial charge in [0.15, 0.2) is 13.6 Å². The molecule has 0 aromatic heterocycles. The zero-order valence-electron chi connectivity index (χ0n) is 8.28. The van der Waals surface area contributed by atoms with Crippen molar-refractivity contribution < 1.29 is 19.7 Å². The minimum Gasteiger partial charge on any atom is -0.468 e. The van der Waals surface area contributed by atoms with Crippen LogP contribution in [0.4, 0.5) is 0 Å². The number of benzene rings is 1. The molecule has 1 rings (SSSR count). The van der Waals surface area contributed by atoms with Gasteiger partial charge in [-0.05, 0) is 37.1 Å². The summed E-state index contributed by atoms with van der Waals surface area (Å²) in [6.45, 7) is 3.01. The number of aryl methyl sites for hydroxylation is 2. The summed E-state index contributed by atoms with van der Waals surface area (Å²) in [5.41, 5.74) is 1.73. The SMILES string of the molecule is Cc1cc(OCO)cc(C)c1OCO. The van der Waals surface area contributed by atoms with Crippen molar-refractivity contribution in [3.8, 4) is 11.5 Å². The summed E-state index contributed by atoms with van der Waals surface area (Å²) in [7, 11) is 0. The molecule has 1 aromatic rings. The van der Waals surface area contributed by atoms with E-state index in [1.54, 1.807) is 12.1 Å². The van der Waals surface area contributed by atoms with E-state index in [9.17, 15) is 0 Å². The first-order valence-corrected chi connectivity index (χ1v) is 4.27. The second kappa shape index (κ2) is 4.83. The molecule has 0 saturated carbocycles. The van der Waals surface area contributed by atoms with Gasteiger partial charge >= 0.3 is 0 Å². The fourth-order valence-corrected chi connectivity index (χ4v) is 1.36. The molecule has 0 atom stereocenters. The van der Waals surface area contributed by atoms with Gasteiger partial charge in [-0.25, -0.2) is 0 Å². The Morgan fingerprint density at radius 2 is 1.50 bits per heavy atom. The van der Waals surface area contributed by atoms with Crippen molar-refractivity contribution in [2.24, 2.45) is 0 Å². The highest BCUT2D eigenvalue weighted by Crippen LogP contribution is 2.28. The molecule has 0 bridgehead atoms. The van der Waals surface area contributed by atoms with Crippen molar-refractivity contribution in [2.45, 2.75) is 13.8 Å². The first kappa shape index (κ1) is 10.8. The molecule has 0 fully saturated rings. The Morgan fingerprint density at radius 1 is 1.00 bits per heavy atom. The first-order chi connectivity index (χ1) is 6.69. The van der Waals surface area contributed by atoms with Gasteiger partial charge in [-0.15, -0.1) is 0 Å². The second-order valence-electron chi connectivity index (χ2n) is 2.93. The number of rotatable bonds is 4. The third kappa shape index (κ3) is 2.37. The monoisotopic (exact) mass is 198 g/mol. The van der Waals surface area contributed by atoms with Crippen LogP contribution in [0.15, 0.2) is 12.1 Å². The fraction of sp³-hybridized carbons (Fsp3) is 0.400. The lowest BCUT2D eigenvalue weighted by atomic mass is 10.1. The molecule has 0 aliphatic heterocycles. The van der Waals surface area contributed by atoms with Crippen LogP contribution in [-0.4, -0.2) is 23.8 Å². The maximum absolute atomic E-state index is 8.65. The van der Waals surface area contributed by atoms with Crippen LogP contribution >= 0.6 is 0 Å². The summed E-state index contributed by atoms with van der Waals surface area (Å²) in [5, 5.41) is 17.2. The molecular formula is C10H14O4. The van der Waals surface area contributed by atoms with Gasteiger partial charge in [0.2, 0.25) is 0 Å². The number of hydrogen-bond donors (Lipinski definition) is 2. The van der Waals surface area contributed by atoms with Crippen LogP contribution in [-0.2, 0) is 0 Å². The van der Waals surface area contributed by atoms with Gasteiger partial charge in [0.25, 0.3) is 0 Å². The van der Waals surface area contributed by atoms with Crippen molar-refractivity contribution in [3.05, 3.63) is 23.3 Å². The van der Waals surface area contributed by atoms with Crippen molar-refractivity contribution in [1.29, 1.82) is 0 Å². The molecular weight excluding hydrogens is 184 g/mol. The van der Waals surface area contributed by atoms with Gasteiger partial charge in [0.05, 0.1) is 0 Å². The van der Waals surface area contributed by atoms with Gasteiger partial charge in [-0.1, -0.05) is 0 Å². The Balaban J connectivity index is 2.98. The van der Waals surface area contributed by atoms with Gasteiger partial charge in [-0.3, -0.25) is 0 Å². The van der Waals surface area contributed by atoms with Crippen LogP contribution in [0.25, 0.3) is 0 Å². The standard InChI is InChI=1S/C10H14O4/c1-7-3-9(13-5-11)4-8(2)10(7)14-6-12/h3-4,11-12H,5-6H2,1-2H3. The maximum atomic E-state index is 8.65. The molecule has 0 unspecified atom stereocenters. The van der Waals surface area contributed by atoms with E-state index in [0.29, 0.717) is 11.5 Å². The maximum Gasteiger partial charge on any atom is 0.186 e. The molecule has 0 heterocycles. The minimum absolute atomic E-state index is 0.345. The van der Waals surface area contributed by atoms with E-state index >= 15 is 0 Å². The second-order valence-corrected chi connectivity index (χ2v) is 2.93. The number of aliphatic hydroxyl groups is 2. The molecule has 0 amide bonds. The van der Waals surface area contributed by atoms with Crippen LogP contribution < -0.4 is 9.47 Å². The molecule has 1 aromatic carbocycles. The van der Waals surface area contributed by atoms with E-state index in [1.165, 1.54) is 0 Å². The minimum atomic E-state index is -0.348. The summed E-state index contributed by atoms with van der Waals surface area (Å²) >= 11 is 0. The van der Waals surface area contributed by atoms with Crippen LogP contribution in [0.3, 0.4) is 0 Å². The first-order valence-electron chi connectivity index (χ1n) is 4.27. The normalized spacial score (nSPS) is 10.0. The van der Waals surface area contributed by atoms with E-state index in [2.05, 4.69) is 0 Å². The predicted molar refractivity (Wildman–Crippen MR) is 51.3 cm³/mol. The Kier molecular flexibility index (Phi) is 3.73. The molecule has 0 saturated heterocycles. The third-order valence-corrected chi connectivity index (χ3v) is 1.87. The van der Waals surface area contributed by atoms with Crippen molar-refractivity contribution >= 4 is 0 Å². The van der Waals surface area contributed by atoms with Gasteiger partial charge in [0, 0.05) is 0 Å². The zero-order valence-corrected chi connectivity index (χ0v) is 8.28. The van der Waals surface area contributed by atoms with E-state index in [0.717, 1.165) is 11.1 Å². The summed E-state index contributed by atoms with van der Waals surface area (Å²) < 4.78 is 9.98. The smallest absolute Gasteiger partial charge is 0.186 e. The molecule has 78 valence electrons. The molecule has 4 nitrogen and oxygen atoms in total. The average Bonchev–Trinajstić information content (AvgIpc) is 2.12. The quantitative estimate of drug-likeness (QED) is 0.707. The van der Waals surface area contributed by atoms with E-state index in [1.807, 2.05) is 13.8 Å². The Morgan fingerprint density at radius 3 is 1.93 bits per heavy atom. The molecule has 14 heavy (non-hydrogen) atoms. The Hall–Kier alpha value is -1.26. The van der Waals surface area contributed by atoms with Crippen LogP contribution in [0.5, 0.6) is 11.5 Å². The summed E-state index contributed by atoms with van der Waals surface area (Å²) in [5.74, 6) is 1.24. The molecule has 0 aliphatic rings. The lowest BCUT2D eigenvalue weighted by Gasteiger charge is -2.12. The van der Waals surface area contributed by atoms with Crippen molar-refractivity contribution in [1.82, 2.24) is 0 Å². The molecule has 2 N–H and O–H groups in total. The van der Waals surface area contributed by atoms with Gasteiger partial charge < -0.3 is 19.7 Å². The highest BCUT2D eigenvalue weighted by atomic mass is 16.6. The van der Waals surface area contributed by atoms with E-state index in [4.69, 9.17) is 19.7 Å².